The van der Waals surface area contributed by atoms with E-state index in [0.717, 1.165) is 107 Å². The van der Waals surface area contributed by atoms with Crippen LogP contribution in [0.4, 0.5) is 0 Å². The third kappa shape index (κ3) is 11.8. The first-order chi connectivity index (χ1) is 31.0. The molecule has 0 bridgehead atoms. The number of ether oxygens (including phenoxy) is 3. The molecular weight excluding hydrogens is 793 g/mol. The first kappa shape index (κ1) is 44.2. The lowest BCUT2D eigenvalue weighted by molar-refractivity contribution is -0.291. The summed E-state index contributed by atoms with van der Waals surface area (Å²) in [6.07, 6.45) is 19.9. The van der Waals surface area contributed by atoms with E-state index < -0.39 is 0 Å². The van der Waals surface area contributed by atoms with Crippen molar-refractivity contribution in [3.8, 4) is 34.4 Å². The molecule has 8 rings (SSSR count). The Bertz CT molecular complexity index is 2400. The fraction of sp³-hybridized carbons (Fsp3) is 0.453. The number of carbonyl (C=O) groups is 1. The van der Waals surface area contributed by atoms with Gasteiger partial charge in [-0.15, -0.1) is 0 Å². The number of fused-ring (bicyclic) bond motifs is 2. The summed E-state index contributed by atoms with van der Waals surface area (Å²) in [4.78, 5) is 31.7. The van der Waals surface area contributed by atoms with E-state index in [0.29, 0.717) is 63.1 Å². The molecule has 0 amide bonds. The summed E-state index contributed by atoms with van der Waals surface area (Å²) in [5.74, 6) is 3.86. The second kappa shape index (κ2) is 22.3. The van der Waals surface area contributed by atoms with E-state index in [1.165, 1.54) is 49.7 Å². The molecule has 2 heterocycles. The lowest BCUT2D eigenvalue weighted by Gasteiger charge is -2.16. The van der Waals surface area contributed by atoms with Crippen LogP contribution in [0.2, 0.25) is 0 Å². The standard InChI is InChI=1S/C53H62N2O8/c1-3-57-51(56)19-7-5-12-30-58-47-35-49-45(33-43(47)39-15-8-9-16-39)54-52(62-49)41-26-22-37(23-27-41)20-21-38-24-28-42(29-25-38)53-55-46-34-44(40-17-10-11-18-40)48(36-50(46)63-53)59-31-13-6-14-32-61-60-4-2/h20-29,33-36,39-40H,3-19,30-32H2,1-2H3. The Hall–Kier alpha value is -5.45. The number of nitrogens with zero attached hydrogens (tertiary/aromatic N) is 2. The number of esters is 1. The van der Waals surface area contributed by atoms with Gasteiger partial charge in [-0.2, -0.15) is 0 Å². The van der Waals surface area contributed by atoms with Crippen LogP contribution >= 0.6 is 0 Å². The maximum Gasteiger partial charge on any atom is 0.305 e. The fourth-order valence-electron chi connectivity index (χ4n) is 8.95. The van der Waals surface area contributed by atoms with Gasteiger partial charge >= 0.3 is 5.97 Å². The number of unbranched alkanes of at least 4 members (excludes halogenated alkanes) is 4. The topological polar surface area (TPSA) is 115 Å². The molecule has 63 heavy (non-hydrogen) atoms. The van der Waals surface area contributed by atoms with Gasteiger partial charge in [0.1, 0.15) is 22.5 Å². The lowest BCUT2D eigenvalue weighted by Crippen LogP contribution is -2.05. The Balaban J connectivity index is 0.889. The quantitative estimate of drug-likeness (QED) is 0.0203. The molecule has 0 aliphatic heterocycles. The van der Waals surface area contributed by atoms with E-state index in [4.69, 9.17) is 42.8 Å². The zero-order valence-electron chi connectivity index (χ0n) is 37.0. The predicted octanol–water partition coefficient (Wildman–Crippen LogP) is 13.8. The minimum atomic E-state index is -0.128. The molecule has 0 saturated heterocycles. The van der Waals surface area contributed by atoms with Gasteiger partial charge in [0, 0.05) is 29.7 Å². The van der Waals surface area contributed by atoms with Crippen LogP contribution in [0.15, 0.2) is 81.6 Å². The highest BCUT2D eigenvalue weighted by Gasteiger charge is 2.25. The largest absolute Gasteiger partial charge is 0.493 e. The van der Waals surface area contributed by atoms with Crippen molar-refractivity contribution in [2.24, 2.45) is 0 Å². The smallest absolute Gasteiger partial charge is 0.305 e. The van der Waals surface area contributed by atoms with Gasteiger partial charge in [0.2, 0.25) is 11.8 Å². The van der Waals surface area contributed by atoms with Crippen LogP contribution in [0, 0.1) is 0 Å². The number of aromatic nitrogens is 2. The van der Waals surface area contributed by atoms with Gasteiger partial charge in [0.25, 0.3) is 0 Å². The average molecular weight is 855 g/mol. The summed E-state index contributed by atoms with van der Waals surface area (Å²) >= 11 is 0. The molecule has 0 unspecified atom stereocenters. The Morgan fingerprint density at radius 2 is 1.06 bits per heavy atom. The number of hydrogen-bond donors (Lipinski definition) is 0. The fourth-order valence-corrected chi connectivity index (χ4v) is 8.95. The molecule has 2 aliphatic rings. The molecule has 10 heteroatoms. The van der Waals surface area contributed by atoms with E-state index in [2.05, 4.69) is 72.8 Å². The number of rotatable bonds is 23. The first-order valence-corrected chi connectivity index (χ1v) is 23.5. The van der Waals surface area contributed by atoms with E-state index in [1.54, 1.807) is 0 Å². The van der Waals surface area contributed by atoms with Crippen molar-refractivity contribution in [2.45, 2.75) is 122 Å². The van der Waals surface area contributed by atoms with Gasteiger partial charge in [-0.1, -0.05) is 62.1 Å². The maximum absolute atomic E-state index is 11.7. The van der Waals surface area contributed by atoms with E-state index in [1.807, 2.05) is 26.0 Å². The highest BCUT2D eigenvalue weighted by molar-refractivity contribution is 5.81. The zero-order chi connectivity index (χ0) is 43.2. The van der Waals surface area contributed by atoms with Crippen LogP contribution in [0.1, 0.15) is 144 Å². The van der Waals surface area contributed by atoms with Gasteiger partial charge in [-0.3, -0.25) is 4.79 Å². The van der Waals surface area contributed by atoms with Crippen molar-refractivity contribution in [2.75, 3.05) is 33.0 Å². The van der Waals surface area contributed by atoms with E-state index in [-0.39, 0.29) is 5.97 Å². The van der Waals surface area contributed by atoms with Gasteiger partial charge in [0.15, 0.2) is 11.2 Å². The van der Waals surface area contributed by atoms with Gasteiger partial charge in [-0.05, 0) is 149 Å². The van der Waals surface area contributed by atoms with Gasteiger partial charge in [-0.25, -0.2) is 19.7 Å². The maximum atomic E-state index is 11.7. The van der Waals surface area contributed by atoms with Crippen LogP contribution in [0.5, 0.6) is 11.5 Å². The summed E-state index contributed by atoms with van der Waals surface area (Å²) < 4.78 is 30.5. The Morgan fingerprint density at radius 3 is 1.54 bits per heavy atom. The van der Waals surface area contributed by atoms with Gasteiger partial charge in [0.05, 0.1) is 33.0 Å². The second-order valence-corrected chi connectivity index (χ2v) is 16.9. The van der Waals surface area contributed by atoms with Crippen molar-refractivity contribution in [1.82, 2.24) is 9.97 Å². The molecule has 0 spiro atoms. The van der Waals surface area contributed by atoms with Crippen molar-refractivity contribution in [1.29, 1.82) is 0 Å². The Labute approximate surface area is 371 Å². The molecule has 10 nitrogen and oxygen atoms in total. The molecule has 2 aromatic heterocycles. The van der Waals surface area contributed by atoms with Crippen molar-refractivity contribution in [3.63, 3.8) is 0 Å². The molecular formula is C53H62N2O8. The number of oxazole rings is 2. The zero-order valence-corrected chi connectivity index (χ0v) is 37.0. The average Bonchev–Trinajstić information content (AvgIpc) is 4.16. The van der Waals surface area contributed by atoms with Crippen LogP contribution in [-0.4, -0.2) is 49.0 Å². The number of benzene rings is 4. The Kier molecular flexibility index (Phi) is 15.6. The molecule has 2 aliphatic carbocycles. The minimum Gasteiger partial charge on any atom is -0.493 e. The number of carbonyl (C=O) groups excluding carboxylic acids is 1. The highest BCUT2D eigenvalue weighted by atomic mass is 17.2. The molecule has 332 valence electrons. The molecule has 6 aromatic rings. The normalized spacial score (nSPS) is 14.8. The second-order valence-electron chi connectivity index (χ2n) is 16.9. The Morgan fingerprint density at radius 1 is 0.587 bits per heavy atom. The monoisotopic (exact) mass is 854 g/mol. The van der Waals surface area contributed by atoms with Gasteiger partial charge < -0.3 is 23.0 Å². The third-order valence-corrected chi connectivity index (χ3v) is 12.3. The highest BCUT2D eigenvalue weighted by Crippen LogP contribution is 2.43. The molecule has 4 aromatic carbocycles. The predicted molar refractivity (Wildman–Crippen MR) is 248 cm³/mol. The molecule has 0 radical (unpaired) electrons. The molecule has 2 fully saturated rings. The minimum absolute atomic E-state index is 0.128. The summed E-state index contributed by atoms with van der Waals surface area (Å²) in [5.41, 5.74) is 9.69. The first-order valence-electron chi connectivity index (χ1n) is 23.5. The van der Waals surface area contributed by atoms with Crippen molar-refractivity contribution >= 4 is 40.3 Å². The summed E-state index contributed by atoms with van der Waals surface area (Å²) in [7, 11) is 0. The van der Waals surface area contributed by atoms with Crippen LogP contribution in [0.3, 0.4) is 0 Å². The van der Waals surface area contributed by atoms with E-state index >= 15 is 0 Å². The van der Waals surface area contributed by atoms with Crippen molar-refractivity contribution < 1.29 is 37.6 Å². The molecule has 2 saturated carbocycles. The van der Waals surface area contributed by atoms with Crippen LogP contribution in [-0.2, 0) is 19.3 Å². The number of hydrogen-bond acceptors (Lipinski definition) is 10. The summed E-state index contributed by atoms with van der Waals surface area (Å²) in [6.45, 7) is 6.61. The van der Waals surface area contributed by atoms with Crippen molar-refractivity contribution in [3.05, 3.63) is 95.1 Å². The van der Waals surface area contributed by atoms with Crippen LogP contribution < -0.4 is 9.47 Å². The van der Waals surface area contributed by atoms with E-state index in [9.17, 15) is 4.79 Å². The van der Waals surface area contributed by atoms with Crippen LogP contribution in [0.25, 0.3) is 57.3 Å². The summed E-state index contributed by atoms with van der Waals surface area (Å²) in [6, 6.07) is 25.0. The molecule has 0 N–H and O–H groups in total. The SMILES string of the molecule is CCOOCCCCCOc1cc2oc(-c3ccc(C=Cc4ccc(-c5nc6cc(C7CCCC7)c(OCCCCCC(=O)OCC)cc6o5)cc4)cc3)nc2cc1C1CCCC1. The third-order valence-electron chi connectivity index (χ3n) is 12.3. The lowest BCUT2D eigenvalue weighted by atomic mass is 9.96. The summed E-state index contributed by atoms with van der Waals surface area (Å²) in [5, 5.41) is 0. The molecule has 0 atom stereocenters.